The molecule has 184 valence electrons. The maximum absolute atomic E-state index is 13.6. The molecule has 0 spiro atoms. The Morgan fingerprint density at radius 1 is 0.943 bits per heavy atom. The van der Waals surface area contributed by atoms with E-state index in [1.807, 2.05) is 6.92 Å². The minimum atomic E-state index is -4.00. The summed E-state index contributed by atoms with van der Waals surface area (Å²) in [6, 6.07) is 16.2. The number of fused-ring (bicyclic) bond motifs is 1. The molecule has 1 amide bonds. The van der Waals surface area contributed by atoms with Gasteiger partial charge in [-0.25, -0.2) is 8.42 Å². The van der Waals surface area contributed by atoms with E-state index in [-0.39, 0.29) is 11.4 Å². The first kappa shape index (κ1) is 24.2. The van der Waals surface area contributed by atoms with Crippen molar-refractivity contribution in [3.8, 4) is 23.0 Å². The molecule has 3 aromatic carbocycles. The van der Waals surface area contributed by atoms with E-state index in [0.29, 0.717) is 34.4 Å². The zero-order valence-electron chi connectivity index (χ0n) is 19.8. The fourth-order valence-electron chi connectivity index (χ4n) is 3.73. The molecule has 0 saturated heterocycles. The first-order chi connectivity index (χ1) is 16.8. The minimum absolute atomic E-state index is 0.0698. The van der Waals surface area contributed by atoms with Crippen LogP contribution in [0, 0.1) is 6.92 Å². The summed E-state index contributed by atoms with van der Waals surface area (Å²) < 4.78 is 50.1. The summed E-state index contributed by atoms with van der Waals surface area (Å²) in [5.74, 6) is 1.25. The number of sulfonamides is 1. The van der Waals surface area contributed by atoms with E-state index in [4.69, 9.17) is 18.9 Å². The predicted molar refractivity (Wildman–Crippen MR) is 131 cm³/mol. The van der Waals surface area contributed by atoms with Crippen molar-refractivity contribution in [2.45, 2.75) is 17.9 Å². The number of carbonyl (C=O) groups excluding carboxylic acids is 1. The summed E-state index contributed by atoms with van der Waals surface area (Å²) >= 11 is 0. The van der Waals surface area contributed by atoms with Gasteiger partial charge in [0.25, 0.3) is 15.9 Å². The average molecular weight is 499 g/mol. The van der Waals surface area contributed by atoms with Crippen LogP contribution in [0.5, 0.6) is 23.0 Å². The molecule has 9 nitrogen and oxygen atoms in total. The first-order valence-electron chi connectivity index (χ1n) is 10.7. The maximum atomic E-state index is 13.6. The number of methoxy groups -OCH3 is 3. The van der Waals surface area contributed by atoms with Crippen molar-refractivity contribution in [3.63, 3.8) is 0 Å². The molecule has 1 N–H and O–H groups in total. The third-order valence-corrected chi connectivity index (χ3v) is 7.38. The SMILES string of the molecule is COc1ccc(S(=O)(=O)N2C[C@H](C(=O)Nc3cc(OC)ccc3OC)Oc3cc(C)ccc32)cc1. The first-order valence-corrected chi connectivity index (χ1v) is 12.2. The van der Waals surface area contributed by atoms with E-state index in [1.54, 1.807) is 48.5 Å². The molecule has 0 radical (unpaired) electrons. The third kappa shape index (κ3) is 4.83. The van der Waals surface area contributed by atoms with Crippen LogP contribution in [0.15, 0.2) is 65.6 Å². The fraction of sp³-hybridized carbons (Fsp3) is 0.240. The second kappa shape index (κ2) is 9.75. The van der Waals surface area contributed by atoms with Gasteiger partial charge in [-0.2, -0.15) is 0 Å². The summed E-state index contributed by atoms with van der Waals surface area (Å²) in [4.78, 5) is 13.3. The highest BCUT2D eigenvalue weighted by Gasteiger charge is 2.38. The maximum Gasteiger partial charge on any atom is 0.267 e. The van der Waals surface area contributed by atoms with Gasteiger partial charge in [0.15, 0.2) is 6.10 Å². The van der Waals surface area contributed by atoms with Gasteiger partial charge in [0.2, 0.25) is 0 Å². The number of ether oxygens (including phenoxy) is 4. The van der Waals surface area contributed by atoms with Gasteiger partial charge in [0.1, 0.15) is 23.0 Å². The average Bonchev–Trinajstić information content (AvgIpc) is 2.87. The van der Waals surface area contributed by atoms with Crippen LogP contribution in [-0.2, 0) is 14.8 Å². The Balaban J connectivity index is 1.69. The third-order valence-electron chi connectivity index (χ3n) is 5.59. The number of nitrogens with one attached hydrogen (secondary N) is 1. The van der Waals surface area contributed by atoms with Gasteiger partial charge in [-0.1, -0.05) is 6.07 Å². The molecule has 1 aliphatic heterocycles. The Hall–Kier alpha value is -3.92. The van der Waals surface area contributed by atoms with Gasteiger partial charge < -0.3 is 24.3 Å². The number of benzene rings is 3. The van der Waals surface area contributed by atoms with E-state index in [1.165, 1.54) is 37.8 Å². The van der Waals surface area contributed by atoms with Gasteiger partial charge in [-0.3, -0.25) is 9.10 Å². The molecule has 3 aromatic rings. The summed E-state index contributed by atoms with van der Waals surface area (Å²) in [6.45, 7) is 1.64. The van der Waals surface area contributed by atoms with Crippen LogP contribution in [0.2, 0.25) is 0 Å². The monoisotopic (exact) mass is 498 g/mol. The van der Waals surface area contributed by atoms with Crippen LogP contribution in [-0.4, -0.2) is 48.3 Å². The van der Waals surface area contributed by atoms with Crippen molar-refractivity contribution in [1.29, 1.82) is 0 Å². The van der Waals surface area contributed by atoms with Gasteiger partial charge in [0.05, 0.1) is 44.1 Å². The molecule has 1 heterocycles. The lowest BCUT2D eigenvalue weighted by Crippen LogP contribution is -2.48. The van der Waals surface area contributed by atoms with Crippen LogP contribution in [0.1, 0.15) is 5.56 Å². The number of carbonyl (C=O) groups is 1. The van der Waals surface area contributed by atoms with Gasteiger partial charge in [-0.05, 0) is 61.0 Å². The highest BCUT2D eigenvalue weighted by Crippen LogP contribution is 2.38. The molecular weight excluding hydrogens is 472 g/mol. The Labute approximate surface area is 204 Å². The number of nitrogens with zero attached hydrogens (tertiary/aromatic N) is 1. The Kier molecular flexibility index (Phi) is 6.74. The minimum Gasteiger partial charge on any atom is -0.497 e. The lowest BCUT2D eigenvalue weighted by atomic mass is 10.1. The second-order valence-electron chi connectivity index (χ2n) is 7.84. The van der Waals surface area contributed by atoms with E-state index in [0.717, 1.165) is 5.56 Å². The molecule has 1 aliphatic rings. The van der Waals surface area contributed by atoms with E-state index in [2.05, 4.69) is 5.32 Å². The number of aryl methyl sites for hydroxylation is 1. The molecule has 0 aromatic heterocycles. The lowest BCUT2D eigenvalue weighted by molar-refractivity contribution is -0.122. The van der Waals surface area contributed by atoms with Crippen molar-refractivity contribution in [2.24, 2.45) is 0 Å². The number of amides is 1. The predicted octanol–water partition coefficient (Wildman–Crippen LogP) is 3.62. The van der Waals surface area contributed by atoms with Crippen molar-refractivity contribution >= 4 is 27.3 Å². The van der Waals surface area contributed by atoms with Crippen molar-refractivity contribution in [1.82, 2.24) is 0 Å². The molecule has 0 unspecified atom stereocenters. The molecule has 0 fully saturated rings. The van der Waals surface area contributed by atoms with Crippen molar-refractivity contribution in [3.05, 3.63) is 66.2 Å². The van der Waals surface area contributed by atoms with Crippen LogP contribution in [0.4, 0.5) is 11.4 Å². The highest BCUT2D eigenvalue weighted by molar-refractivity contribution is 7.92. The summed E-state index contributed by atoms with van der Waals surface area (Å²) in [5.41, 5.74) is 1.59. The quantitative estimate of drug-likeness (QED) is 0.531. The van der Waals surface area contributed by atoms with E-state index < -0.39 is 22.0 Å². The van der Waals surface area contributed by atoms with E-state index >= 15 is 0 Å². The molecule has 35 heavy (non-hydrogen) atoms. The second-order valence-corrected chi connectivity index (χ2v) is 9.71. The van der Waals surface area contributed by atoms with Crippen LogP contribution < -0.4 is 28.6 Å². The van der Waals surface area contributed by atoms with Crippen molar-refractivity contribution < 1.29 is 32.2 Å². The Morgan fingerprint density at radius 2 is 1.63 bits per heavy atom. The zero-order chi connectivity index (χ0) is 25.2. The fourth-order valence-corrected chi connectivity index (χ4v) is 5.20. The lowest BCUT2D eigenvalue weighted by Gasteiger charge is -2.35. The molecule has 0 aliphatic carbocycles. The summed E-state index contributed by atoms with van der Waals surface area (Å²) in [7, 11) is 0.497. The van der Waals surface area contributed by atoms with Crippen LogP contribution in [0.3, 0.4) is 0 Å². The largest absolute Gasteiger partial charge is 0.497 e. The number of hydrogen-bond donors (Lipinski definition) is 1. The number of rotatable bonds is 7. The van der Waals surface area contributed by atoms with Crippen LogP contribution in [0.25, 0.3) is 0 Å². The number of anilines is 2. The molecule has 0 saturated carbocycles. The Morgan fingerprint density at radius 3 is 2.29 bits per heavy atom. The van der Waals surface area contributed by atoms with Crippen molar-refractivity contribution in [2.75, 3.05) is 37.5 Å². The van der Waals surface area contributed by atoms with E-state index in [9.17, 15) is 13.2 Å². The van der Waals surface area contributed by atoms with Gasteiger partial charge in [-0.15, -0.1) is 0 Å². The smallest absolute Gasteiger partial charge is 0.267 e. The molecule has 1 atom stereocenters. The zero-order valence-corrected chi connectivity index (χ0v) is 20.6. The topological polar surface area (TPSA) is 103 Å². The molecular formula is C25H26N2O7S. The normalized spacial score (nSPS) is 15.0. The number of hydrogen-bond acceptors (Lipinski definition) is 7. The molecule has 4 rings (SSSR count). The van der Waals surface area contributed by atoms with Gasteiger partial charge >= 0.3 is 0 Å². The molecule has 0 bridgehead atoms. The molecule has 10 heteroatoms. The standard InChI is InChI=1S/C25H26N2O7S/c1-16-5-11-21-23(13-16)34-24(25(28)26-20-14-18(32-3)8-12-22(20)33-4)15-27(21)35(29,30)19-9-6-17(31-2)7-10-19/h5-14,24H,15H2,1-4H3,(H,26,28)/t24-/m1/s1. The van der Waals surface area contributed by atoms with Gasteiger partial charge in [0, 0.05) is 6.07 Å². The Bertz CT molecular complexity index is 1340. The highest BCUT2D eigenvalue weighted by atomic mass is 32.2. The van der Waals surface area contributed by atoms with Crippen LogP contribution >= 0.6 is 0 Å². The summed E-state index contributed by atoms with van der Waals surface area (Å²) in [6.07, 6.45) is -1.12. The summed E-state index contributed by atoms with van der Waals surface area (Å²) in [5, 5.41) is 2.77.